The van der Waals surface area contributed by atoms with E-state index in [4.69, 9.17) is 4.74 Å². The monoisotopic (exact) mass is 414 g/mol. The fraction of sp³-hybridized carbons (Fsp3) is 0.476. The van der Waals surface area contributed by atoms with E-state index in [2.05, 4.69) is 27.9 Å². The minimum Gasteiger partial charge on any atom is -0.490 e. The van der Waals surface area contributed by atoms with Gasteiger partial charge in [0.2, 0.25) is 5.16 Å². The molecule has 8 heteroatoms. The average molecular weight is 415 g/mol. The molecule has 1 saturated carbocycles. The molecule has 3 heterocycles. The summed E-state index contributed by atoms with van der Waals surface area (Å²) in [5, 5.41) is 1.23. The molecule has 0 N–H and O–H groups in total. The maximum absolute atomic E-state index is 12.8. The van der Waals surface area contributed by atoms with Gasteiger partial charge in [-0.15, -0.1) is 0 Å². The van der Waals surface area contributed by atoms with Crippen LogP contribution in [0.1, 0.15) is 25.7 Å². The predicted molar refractivity (Wildman–Crippen MR) is 110 cm³/mol. The van der Waals surface area contributed by atoms with E-state index in [-0.39, 0.29) is 11.3 Å². The van der Waals surface area contributed by atoms with Crippen LogP contribution in [0.4, 0.5) is 0 Å². The van der Waals surface area contributed by atoms with Crippen molar-refractivity contribution in [3.63, 3.8) is 0 Å². The molecule has 5 rings (SSSR count). The van der Waals surface area contributed by atoms with Crippen LogP contribution >= 0.6 is 0 Å². The number of fused-ring (bicyclic) bond motifs is 1. The van der Waals surface area contributed by atoms with E-state index in [0.717, 1.165) is 23.6 Å². The Morgan fingerprint density at radius 1 is 1.10 bits per heavy atom. The molecule has 7 nitrogen and oxygen atoms in total. The summed E-state index contributed by atoms with van der Waals surface area (Å²) in [6.07, 6.45) is 9.33. The molecule has 154 valence electrons. The van der Waals surface area contributed by atoms with E-state index in [1.54, 1.807) is 17.8 Å². The van der Waals surface area contributed by atoms with E-state index < -0.39 is 10.0 Å². The number of benzene rings is 1. The third-order valence-electron chi connectivity index (χ3n) is 5.97. The highest BCUT2D eigenvalue weighted by Crippen LogP contribution is 2.34. The summed E-state index contributed by atoms with van der Waals surface area (Å²) >= 11 is 0. The summed E-state index contributed by atoms with van der Waals surface area (Å²) in [6.45, 7) is 1.97. The number of sulfonamides is 1. The lowest BCUT2D eigenvalue weighted by atomic mass is 10.1. The van der Waals surface area contributed by atoms with E-state index in [9.17, 15) is 8.42 Å². The van der Waals surface area contributed by atoms with Gasteiger partial charge < -0.3 is 13.9 Å². The predicted octanol–water partition coefficient (Wildman–Crippen LogP) is 3.02. The second kappa shape index (κ2) is 7.18. The van der Waals surface area contributed by atoms with Gasteiger partial charge in [0, 0.05) is 50.7 Å². The van der Waals surface area contributed by atoms with Crippen LogP contribution in [-0.2, 0) is 23.6 Å². The highest BCUT2D eigenvalue weighted by molar-refractivity contribution is 7.89. The van der Waals surface area contributed by atoms with Crippen molar-refractivity contribution in [1.82, 2.24) is 18.4 Å². The normalized spacial score (nSPS) is 19.1. The zero-order valence-electron chi connectivity index (χ0n) is 16.6. The number of aryl methyl sites for hydroxylation is 1. The first-order valence-electron chi connectivity index (χ1n) is 10.2. The van der Waals surface area contributed by atoms with Crippen molar-refractivity contribution in [3.05, 3.63) is 42.9 Å². The zero-order valence-corrected chi connectivity index (χ0v) is 17.4. The van der Waals surface area contributed by atoms with Crippen LogP contribution in [0.15, 0.2) is 48.0 Å². The molecule has 1 aliphatic carbocycles. The molecule has 0 radical (unpaired) electrons. The molecule has 0 atom stereocenters. The molecule has 29 heavy (non-hydrogen) atoms. The minimum absolute atomic E-state index is 0.0141. The molecule has 0 bridgehead atoms. The summed E-state index contributed by atoms with van der Waals surface area (Å²) in [5.74, 6) is 1.71. The van der Waals surface area contributed by atoms with Crippen molar-refractivity contribution >= 4 is 20.9 Å². The number of nitrogens with zero attached hydrogens (tertiary/aromatic N) is 4. The first-order valence-corrected chi connectivity index (χ1v) is 11.7. The molecule has 2 fully saturated rings. The topological polar surface area (TPSA) is 69.4 Å². The first kappa shape index (κ1) is 18.7. The molecule has 3 aromatic rings. The number of rotatable bonds is 6. The second-order valence-electron chi connectivity index (χ2n) is 8.14. The lowest BCUT2D eigenvalue weighted by Gasteiger charge is -2.31. The van der Waals surface area contributed by atoms with E-state index in [0.29, 0.717) is 25.9 Å². The van der Waals surface area contributed by atoms with Gasteiger partial charge in [-0.25, -0.2) is 13.4 Å². The van der Waals surface area contributed by atoms with Crippen LogP contribution in [0, 0.1) is 5.92 Å². The van der Waals surface area contributed by atoms with Gasteiger partial charge in [0.1, 0.15) is 11.9 Å². The number of aromatic nitrogens is 3. The van der Waals surface area contributed by atoms with Crippen LogP contribution in [0.25, 0.3) is 10.9 Å². The number of hydrogen-bond donors (Lipinski definition) is 0. The van der Waals surface area contributed by atoms with E-state index in [1.165, 1.54) is 28.9 Å². The van der Waals surface area contributed by atoms with Gasteiger partial charge in [-0.3, -0.25) is 0 Å². The molecule has 2 aliphatic rings. The fourth-order valence-corrected chi connectivity index (χ4v) is 5.66. The van der Waals surface area contributed by atoms with Gasteiger partial charge in [-0.2, -0.15) is 4.31 Å². The Hall–Kier alpha value is -2.32. The van der Waals surface area contributed by atoms with Gasteiger partial charge in [0.15, 0.2) is 0 Å². The zero-order chi connectivity index (χ0) is 20.0. The molecule has 1 aromatic carbocycles. The summed E-state index contributed by atoms with van der Waals surface area (Å²) < 4.78 is 37.3. The van der Waals surface area contributed by atoms with Crippen molar-refractivity contribution < 1.29 is 13.2 Å². The highest BCUT2D eigenvalue weighted by atomic mass is 32.2. The number of piperidine rings is 1. The van der Waals surface area contributed by atoms with Crippen molar-refractivity contribution in [2.75, 3.05) is 13.1 Å². The fourth-order valence-electron chi connectivity index (χ4n) is 4.12. The van der Waals surface area contributed by atoms with Gasteiger partial charge in [0.05, 0.1) is 5.52 Å². The van der Waals surface area contributed by atoms with Crippen molar-refractivity contribution in [1.29, 1.82) is 0 Å². The second-order valence-corrected chi connectivity index (χ2v) is 9.97. The minimum atomic E-state index is -3.56. The Balaban J connectivity index is 1.27. The Bertz CT molecular complexity index is 1120. The Morgan fingerprint density at radius 3 is 2.59 bits per heavy atom. The maximum Gasteiger partial charge on any atom is 0.277 e. The molecule has 0 spiro atoms. The van der Waals surface area contributed by atoms with Crippen molar-refractivity contribution in [2.45, 2.75) is 43.5 Å². The Kier molecular flexibility index (Phi) is 4.63. The van der Waals surface area contributed by atoms with Crippen molar-refractivity contribution in [2.24, 2.45) is 13.0 Å². The molecule has 1 aliphatic heterocycles. The molecular formula is C21H26N4O3S. The lowest BCUT2D eigenvalue weighted by Crippen LogP contribution is -2.42. The SMILES string of the molecule is Cn1ccnc1S(=O)(=O)N1CCC(Oc2cccc3c2ccn3CC2CC2)CC1. The summed E-state index contributed by atoms with van der Waals surface area (Å²) in [7, 11) is -1.86. The average Bonchev–Trinajstić information content (AvgIpc) is 3.26. The van der Waals surface area contributed by atoms with Crippen LogP contribution < -0.4 is 4.74 Å². The van der Waals surface area contributed by atoms with Gasteiger partial charge >= 0.3 is 0 Å². The molecule has 1 saturated heterocycles. The highest BCUT2D eigenvalue weighted by Gasteiger charge is 2.32. The first-order chi connectivity index (χ1) is 14.0. The summed E-state index contributed by atoms with van der Waals surface area (Å²) in [5.41, 5.74) is 1.21. The number of imidazole rings is 1. The van der Waals surface area contributed by atoms with Crippen LogP contribution in [0.2, 0.25) is 0 Å². The molecule has 0 unspecified atom stereocenters. The van der Waals surface area contributed by atoms with E-state index >= 15 is 0 Å². The smallest absolute Gasteiger partial charge is 0.277 e. The Labute approximate surface area is 170 Å². The van der Waals surface area contributed by atoms with Gasteiger partial charge in [0.25, 0.3) is 10.0 Å². The van der Waals surface area contributed by atoms with Crippen LogP contribution in [-0.4, -0.2) is 46.0 Å². The number of hydrogen-bond acceptors (Lipinski definition) is 4. The Morgan fingerprint density at radius 2 is 1.90 bits per heavy atom. The molecule has 0 amide bonds. The quantitative estimate of drug-likeness (QED) is 0.622. The maximum atomic E-state index is 12.8. The van der Waals surface area contributed by atoms with Crippen LogP contribution in [0.3, 0.4) is 0 Å². The van der Waals surface area contributed by atoms with Crippen LogP contribution in [0.5, 0.6) is 5.75 Å². The van der Waals surface area contributed by atoms with E-state index in [1.807, 2.05) is 12.1 Å². The third-order valence-corrected chi connectivity index (χ3v) is 7.87. The standard InChI is InChI=1S/C21H26N4O3S/c1-23-14-10-22-21(23)29(26,27)25-12-7-17(8-13-25)28-20-4-2-3-19-18(20)9-11-24(19)15-16-5-6-16/h2-4,9-11,14,16-17H,5-8,12-13,15H2,1H3. The number of ether oxygens (including phenoxy) is 1. The summed E-state index contributed by atoms with van der Waals surface area (Å²) in [6, 6.07) is 8.34. The largest absolute Gasteiger partial charge is 0.490 e. The van der Waals surface area contributed by atoms with Gasteiger partial charge in [-0.1, -0.05) is 6.07 Å². The van der Waals surface area contributed by atoms with Gasteiger partial charge in [-0.05, 0) is 49.8 Å². The molecule has 2 aromatic heterocycles. The summed E-state index contributed by atoms with van der Waals surface area (Å²) in [4.78, 5) is 4.01. The van der Waals surface area contributed by atoms with Crippen molar-refractivity contribution in [3.8, 4) is 5.75 Å². The lowest BCUT2D eigenvalue weighted by molar-refractivity contribution is 0.136. The molecular weight excluding hydrogens is 388 g/mol. The third kappa shape index (κ3) is 3.55.